The number of rotatable bonds is 8. The molecule has 1 aliphatic carbocycles. The lowest BCUT2D eigenvalue weighted by Crippen LogP contribution is -2.33. The van der Waals surface area contributed by atoms with Crippen LogP contribution in [0.1, 0.15) is 30.9 Å². The molecule has 6 nitrogen and oxygen atoms in total. The minimum absolute atomic E-state index is 0.0635. The van der Waals surface area contributed by atoms with Crippen molar-refractivity contribution < 1.29 is 19.1 Å². The van der Waals surface area contributed by atoms with Crippen molar-refractivity contribution >= 4 is 27.7 Å². The third-order valence-corrected chi connectivity index (χ3v) is 6.21. The van der Waals surface area contributed by atoms with E-state index < -0.39 is 11.5 Å². The summed E-state index contributed by atoms with van der Waals surface area (Å²) in [5, 5.41) is 0. The number of nitrogens with zero attached hydrogens (tertiary/aromatic N) is 2. The van der Waals surface area contributed by atoms with Crippen LogP contribution in [-0.4, -0.2) is 34.4 Å². The second-order valence-corrected chi connectivity index (χ2v) is 9.15. The molecule has 0 radical (unpaired) electrons. The molecule has 0 N–H and O–H groups in total. The van der Waals surface area contributed by atoms with Crippen molar-refractivity contribution in [3.05, 3.63) is 82.6 Å². The lowest BCUT2D eigenvalue weighted by Gasteiger charge is -2.26. The number of hydrogen-bond donors (Lipinski definition) is 0. The number of halogens is 1. The zero-order valence-corrected chi connectivity index (χ0v) is 20.0. The van der Waals surface area contributed by atoms with Crippen LogP contribution >= 0.6 is 15.9 Å². The van der Waals surface area contributed by atoms with Gasteiger partial charge in [0.1, 0.15) is 6.10 Å². The molecular formula is C26H25BrN2O4. The van der Waals surface area contributed by atoms with Gasteiger partial charge in [-0.15, -0.1) is 0 Å². The van der Waals surface area contributed by atoms with Crippen LogP contribution in [0.3, 0.4) is 0 Å². The summed E-state index contributed by atoms with van der Waals surface area (Å²) in [5.74, 6) is 0.178. The number of carbonyl (C=O) groups is 2. The van der Waals surface area contributed by atoms with Gasteiger partial charge < -0.3 is 9.47 Å². The highest BCUT2D eigenvalue weighted by molar-refractivity contribution is 9.10. The van der Waals surface area contributed by atoms with E-state index in [1.54, 1.807) is 19.3 Å². The number of esters is 1. The van der Waals surface area contributed by atoms with Crippen LogP contribution < -0.4 is 0 Å². The van der Waals surface area contributed by atoms with Gasteiger partial charge in [-0.3, -0.25) is 9.59 Å². The number of benzene rings is 2. The van der Waals surface area contributed by atoms with Gasteiger partial charge in [0.05, 0.1) is 23.1 Å². The molecule has 1 saturated carbocycles. The van der Waals surface area contributed by atoms with E-state index in [0.717, 1.165) is 21.2 Å². The Kier molecular flexibility index (Phi) is 7.30. The van der Waals surface area contributed by atoms with Crippen LogP contribution in [0.5, 0.6) is 0 Å². The van der Waals surface area contributed by atoms with E-state index in [4.69, 9.17) is 9.47 Å². The molecule has 7 heteroatoms. The van der Waals surface area contributed by atoms with Crippen LogP contribution in [0, 0.1) is 5.41 Å². The number of ether oxygens (including phenoxy) is 2. The molecule has 1 aromatic heterocycles. The Hall–Kier alpha value is -2.90. The highest BCUT2D eigenvalue weighted by atomic mass is 79.9. The largest absolute Gasteiger partial charge is 0.466 e. The highest BCUT2D eigenvalue weighted by Crippen LogP contribution is 2.42. The van der Waals surface area contributed by atoms with Gasteiger partial charge in [-0.25, -0.2) is 9.97 Å². The number of Topliss-reactive ketones (excluding diaryl/α,β-unsaturated/α-hetero) is 1. The summed E-state index contributed by atoms with van der Waals surface area (Å²) >= 11 is 3.35. The molecule has 33 heavy (non-hydrogen) atoms. The molecule has 0 bridgehead atoms. The van der Waals surface area contributed by atoms with Gasteiger partial charge in [-0.05, 0) is 52.9 Å². The van der Waals surface area contributed by atoms with Crippen LogP contribution in [0.4, 0.5) is 0 Å². The second kappa shape index (κ2) is 10.4. The fourth-order valence-corrected chi connectivity index (χ4v) is 4.43. The summed E-state index contributed by atoms with van der Waals surface area (Å²) < 4.78 is 12.2. The standard InChI is InChI=1S/C26H25BrN2O4/c1-2-32-25(31)26(13-22(30)23(14-26)33-17-18-7-4-3-5-8-18)12-19-9-6-10-20(11-19)24-28-15-21(27)16-29-24/h3-11,15-16,23H,2,12-14,17H2,1H3/t23-,26-/m0/s1. The van der Waals surface area contributed by atoms with Crippen LogP contribution in [0.25, 0.3) is 11.4 Å². The number of ketones is 1. The summed E-state index contributed by atoms with van der Waals surface area (Å²) in [7, 11) is 0. The van der Waals surface area contributed by atoms with Gasteiger partial charge in [-0.2, -0.15) is 0 Å². The molecule has 0 saturated heterocycles. The molecule has 4 rings (SSSR count). The average Bonchev–Trinajstić information content (AvgIpc) is 3.15. The van der Waals surface area contributed by atoms with Gasteiger partial charge >= 0.3 is 5.97 Å². The Bertz CT molecular complexity index is 1120. The highest BCUT2D eigenvalue weighted by Gasteiger charge is 2.51. The smallest absolute Gasteiger partial charge is 0.312 e. The number of hydrogen-bond acceptors (Lipinski definition) is 6. The van der Waals surface area contributed by atoms with E-state index in [-0.39, 0.29) is 24.8 Å². The van der Waals surface area contributed by atoms with Crippen molar-refractivity contribution in [3.8, 4) is 11.4 Å². The summed E-state index contributed by atoms with van der Waals surface area (Å²) in [4.78, 5) is 34.7. The van der Waals surface area contributed by atoms with Crippen LogP contribution in [0.2, 0.25) is 0 Å². The molecule has 1 heterocycles. The van der Waals surface area contributed by atoms with Crippen LogP contribution in [0.15, 0.2) is 71.5 Å². The Balaban J connectivity index is 1.55. The lowest BCUT2D eigenvalue weighted by atomic mass is 9.79. The quantitative estimate of drug-likeness (QED) is 0.400. The predicted molar refractivity (Wildman–Crippen MR) is 127 cm³/mol. The van der Waals surface area contributed by atoms with Crippen molar-refractivity contribution in [2.75, 3.05) is 6.61 Å². The molecule has 0 unspecified atom stereocenters. The van der Waals surface area contributed by atoms with Crippen molar-refractivity contribution in [2.45, 2.75) is 38.9 Å². The van der Waals surface area contributed by atoms with Gasteiger partial charge in [0.2, 0.25) is 0 Å². The summed E-state index contributed by atoms with van der Waals surface area (Å²) in [5.41, 5.74) is 1.80. The van der Waals surface area contributed by atoms with Crippen molar-refractivity contribution in [3.63, 3.8) is 0 Å². The van der Waals surface area contributed by atoms with Crippen molar-refractivity contribution in [1.29, 1.82) is 0 Å². The molecular weight excluding hydrogens is 484 g/mol. The molecule has 1 fully saturated rings. The van der Waals surface area contributed by atoms with Gasteiger partial charge in [0.15, 0.2) is 11.6 Å². The van der Waals surface area contributed by atoms with Gasteiger partial charge in [0, 0.05) is 24.4 Å². The van der Waals surface area contributed by atoms with Crippen LogP contribution in [-0.2, 0) is 32.1 Å². The minimum Gasteiger partial charge on any atom is -0.466 e. The molecule has 170 valence electrons. The van der Waals surface area contributed by atoms with E-state index in [9.17, 15) is 9.59 Å². The summed E-state index contributed by atoms with van der Waals surface area (Å²) in [6, 6.07) is 17.5. The maximum atomic E-state index is 13.1. The topological polar surface area (TPSA) is 78.4 Å². The van der Waals surface area contributed by atoms with Gasteiger partial charge in [-0.1, -0.05) is 48.5 Å². The average molecular weight is 509 g/mol. The SMILES string of the molecule is CCOC(=O)[C@@]1(Cc2cccc(-c3ncc(Br)cn3)c2)CC(=O)[C@@H](OCc2ccccc2)C1. The van der Waals surface area contributed by atoms with E-state index >= 15 is 0 Å². The Labute approximate surface area is 201 Å². The van der Waals surface area contributed by atoms with E-state index in [0.29, 0.717) is 25.3 Å². The van der Waals surface area contributed by atoms with E-state index in [2.05, 4.69) is 25.9 Å². The van der Waals surface area contributed by atoms with Crippen molar-refractivity contribution in [2.24, 2.45) is 5.41 Å². The predicted octanol–water partition coefficient (Wildman–Crippen LogP) is 4.95. The molecule has 0 spiro atoms. The molecule has 2 atom stereocenters. The maximum absolute atomic E-state index is 13.1. The molecule has 0 aliphatic heterocycles. The first kappa shape index (κ1) is 23.3. The third-order valence-electron chi connectivity index (χ3n) is 5.80. The fourth-order valence-electron chi connectivity index (χ4n) is 4.23. The van der Waals surface area contributed by atoms with E-state index in [1.165, 1.54) is 0 Å². The molecule has 1 aliphatic rings. The minimum atomic E-state index is -0.951. The molecule has 2 aromatic carbocycles. The first-order chi connectivity index (χ1) is 16.0. The first-order valence-corrected chi connectivity index (χ1v) is 11.7. The fraction of sp³-hybridized carbons (Fsp3) is 0.308. The summed E-state index contributed by atoms with van der Waals surface area (Å²) in [6.45, 7) is 2.36. The molecule has 0 amide bonds. The normalized spacial score (nSPS) is 20.1. The monoisotopic (exact) mass is 508 g/mol. The summed E-state index contributed by atoms with van der Waals surface area (Å²) in [6.07, 6.45) is 3.54. The third kappa shape index (κ3) is 5.54. The maximum Gasteiger partial charge on any atom is 0.312 e. The number of carbonyl (C=O) groups excluding carboxylic acids is 2. The Morgan fingerprint density at radius 3 is 2.55 bits per heavy atom. The molecule has 3 aromatic rings. The van der Waals surface area contributed by atoms with Gasteiger partial charge in [0.25, 0.3) is 0 Å². The zero-order chi connectivity index (χ0) is 23.3. The Morgan fingerprint density at radius 2 is 1.82 bits per heavy atom. The number of aromatic nitrogens is 2. The first-order valence-electron chi connectivity index (χ1n) is 10.9. The second-order valence-electron chi connectivity index (χ2n) is 8.24. The van der Waals surface area contributed by atoms with Crippen molar-refractivity contribution in [1.82, 2.24) is 9.97 Å². The lowest BCUT2D eigenvalue weighted by molar-refractivity contribution is -0.156. The zero-order valence-electron chi connectivity index (χ0n) is 18.4. The van der Waals surface area contributed by atoms with E-state index in [1.807, 2.05) is 54.6 Å². The Morgan fingerprint density at radius 1 is 1.09 bits per heavy atom.